The van der Waals surface area contributed by atoms with Crippen molar-refractivity contribution in [3.63, 3.8) is 0 Å². The molecule has 3 rings (SSSR count). The van der Waals surface area contributed by atoms with Crippen molar-refractivity contribution in [2.24, 2.45) is 0 Å². The molecule has 1 saturated heterocycles. The fourth-order valence-electron chi connectivity index (χ4n) is 2.88. The van der Waals surface area contributed by atoms with Crippen LogP contribution in [-0.2, 0) is 0 Å². The van der Waals surface area contributed by atoms with Crippen LogP contribution >= 0.6 is 11.3 Å². The Morgan fingerprint density at radius 2 is 1.81 bits per heavy atom. The largest absolute Gasteiger partial charge is 0.337 e. The summed E-state index contributed by atoms with van der Waals surface area (Å²) in [6.45, 7) is 6.48. The number of piperazine rings is 1. The standard InChI is InChI=1S/C19H24N4O2S/c1-15-2-4-17(5-3-15)21-19(25)20-7-8-22-9-11-23(12-10-22)18(24)16-6-13-26-14-16/h2-6,13-14H,7-12H2,1H3,(H2,20,21,25). The Morgan fingerprint density at radius 1 is 1.08 bits per heavy atom. The highest BCUT2D eigenvalue weighted by atomic mass is 32.1. The molecule has 1 aliphatic heterocycles. The molecule has 26 heavy (non-hydrogen) atoms. The van der Waals surface area contributed by atoms with Gasteiger partial charge in [-0.05, 0) is 30.5 Å². The molecule has 1 aromatic heterocycles. The Hall–Kier alpha value is -2.38. The molecule has 0 unspecified atom stereocenters. The van der Waals surface area contributed by atoms with Gasteiger partial charge >= 0.3 is 6.03 Å². The lowest BCUT2D eigenvalue weighted by Crippen LogP contribution is -2.50. The molecular weight excluding hydrogens is 348 g/mol. The Labute approximate surface area is 157 Å². The molecule has 138 valence electrons. The maximum atomic E-state index is 12.3. The molecule has 0 aliphatic carbocycles. The summed E-state index contributed by atoms with van der Waals surface area (Å²) in [4.78, 5) is 28.4. The highest BCUT2D eigenvalue weighted by Crippen LogP contribution is 2.12. The zero-order chi connectivity index (χ0) is 18.4. The number of carbonyl (C=O) groups is 2. The number of amides is 3. The SMILES string of the molecule is Cc1ccc(NC(=O)NCCN2CCN(C(=O)c3ccsc3)CC2)cc1. The summed E-state index contributed by atoms with van der Waals surface area (Å²) in [7, 11) is 0. The number of nitrogens with zero attached hydrogens (tertiary/aromatic N) is 2. The van der Waals surface area contributed by atoms with Crippen LogP contribution < -0.4 is 10.6 Å². The summed E-state index contributed by atoms with van der Waals surface area (Å²) in [5.74, 6) is 0.113. The van der Waals surface area contributed by atoms with Crippen molar-refractivity contribution in [3.8, 4) is 0 Å². The molecule has 0 atom stereocenters. The third-order valence-electron chi connectivity index (χ3n) is 4.45. The summed E-state index contributed by atoms with van der Waals surface area (Å²) in [6.07, 6.45) is 0. The van der Waals surface area contributed by atoms with E-state index in [0.717, 1.165) is 49.5 Å². The van der Waals surface area contributed by atoms with Crippen molar-refractivity contribution in [1.29, 1.82) is 0 Å². The van der Waals surface area contributed by atoms with Crippen LogP contribution in [0.5, 0.6) is 0 Å². The van der Waals surface area contributed by atoms with Gasteiger partial charge in [0.1, 0.15) is 0 Å². The van der Waals surface area contributed by atoms with Gasteiger partial charge in [-0.2, -0.15) is 11.3 Å². The van der Waals surface area contributed by atoms with Crippen LogP contribution in [0.4, 0.5) is 10.5 Å². The highest BCUT2D eigenvalue weighted by molar-refractivity contribution is 7.08. The molecule has 7 heteroatoms. The zero-order valence-corrected chi connectivity index (χ0v) is 15.7. The van der Waals surface area contributed by atoms with Gasteiger partial charge in [0.05, 0.1) is 5.56 Å². The van der Waals surface area contributed by atoms with Crippen LogP contribution in [-0.4, -0.2) is 61.0 Å². The molecule has 1 fully saturated rings. The normalized spacial score (nSPS) is 14.9. The van der Waals surface area contributed by atoms with E-state index in [1.54, 1.807) is 11.3 Å². The van der Waals surface area contributed by atoms with Gasteiger partial charge in [-0.3, -0.25) is 9.69 Å². The molecule has 0 radical (unpaired) electrons. The maximum Gasteiger partial charge on any atom is 0.319 e. The summed E-state index contributed by atoms with van der Waals surface area (Å²) in [5.41, 5.74) is 2.72. The third kappa shape index (κ3) is 5.06. The van der Waals surface area contributed by atoms with E-state index in [2.05, 4.69) is 15.5 Å². The number of rotatable bonds is 5. The van der Waals surface area contributed by atoms with Crippen LogP contribution in [0.3, 0.4) is 0 Å². The molecular formula is C19H24N4O2S. The second-order valence-corrected chi connectivity index (χ2v) is 7.17. The van der Waals surface area contributed by atoms with E-state index < -0.39 is 0 Å². The van der Waals surface area contributed by atoms with Gasteiger partial charge in [-0.1, -0.05) is 17.7 Å². The van der Waals surface area contributed by atoms with Crippen molar-refractivity contribution in [1.82, 2.24) is 15.1 Å². The molecule has 1 aromatic carbocycles. The number of urea groups is 1. The van der Waals surface area contributed by atoms with Crippen molar-refractivity contribution < 1.29 is 9.59 Å². The van der Waals surface area contributed by atoms with E-state index >= 15 is 0 Å². The Morgan fingerprint density at radius 3 is 2.46 bits per heavy atom. The lowest BCUT2D eigenvalue weighted by molar-refractivity contribution is 0.0640. The average molecular weight is 372 g/mol. The predicted octanol–water partition coefficient (Wildman–Crippen LogP) is 2.64. The summed E-state index contributed by atoms with van der Waals surface area (Å²) >= 11 is 1.54. The van der Waals surface area contributed by atoms with Gasteiger partial charge in [0.25, 0.3) is 5.91 Å². The number of carbonyl (C=O) groups excluding carboxylic acids is 2. The molecule has 1 aliphatic rings. The van der Waals surface area contributed by atoms with Crippen LogP contribution in [0, 0.1) is 6.92 Å². The van der Waals surface area contributed by atoms with E-state index in [4.69, 9.17) is 0 Å². The minimum absolute atomic E-state index is 0.113. The second kappa shape index (κ2) is 8.82. The number of nitrogens with one attached hydrogen (secondary N) is 2. The molecule has 2 N–H and O–H groups in total. The minimum atomic E-state index is -0.194. The molecule has 0 spiro atoms. The number of aryl methyl sites for hydroxylation is 1. The van der Waals surface area contributed by atoms with E-state index in [9.17, 15) is 9.59 Å². The first-order valence-electron chi connectivity index (χ1n) is 8.77. The number of hydrogen-bond donors (Lipinski definition) is 2. The molecule has 2 aromatic rings. The predicted molar refractivity (Wildman–Crippen MR) is 105 cm³/mol. The Bertz CT molecular complexity index is 723. The second-order valence-electron chi connectivity index (χ2n) is 6.39. The fraction of sp³-hybridized carbons (Fsp3) is 0.368. The smallest absolute Gasteiger partial charge is 0.319 e. The van der Waals surface area contributed by atoms with Crippen LogP contribution in [0.2, 0.25) is 0 Å². The zero-order valence-electron chi connectivity index (χ0n) is 14.9. The molecule has 0 bridgehead atoms. The lowest BCUT2D eigenvalue weighted by atomic mass is 10.2. The quantitative estimate of drug-likeness (QED) is 0.848. The van der Waals surface area contributed by atoms with Crippen LogP contribution in [0.15, 0.2) is 41.1 Å². The van der Waals surface area contributed by atoms with Crippen LogP contribution in [0.1, 0.15) is 15.9 Å². The van der Waals surface area contributed by atoms with Crippen molar-refractivity contribution in [2.75, 3.05) is 44.6 Å². The van der Waals surface area contributed by atoms with E-state index in [-0.39, 0.29) is 11.9 Å². The highest BCUT2D eigenvalue weighted by Gasteiger charge is 2.22. The van der Waals surface area contributed by atoms with Gasteiger partial charge < -0.3 is 15.5 Å². The number of benzene rings is 1. The van der Waals surface area contributed by atoms with E-state index in [1.807, 2.05) is 52.9 Å². The summed E-state index contributed by atoms with van der Waals surface area (Å²) < 4.78 is 0. The fourth-order valence-corrected chi connectivity index (χ4v) is 3.51. The van der Waals surface area contributed by atoms with Crippen molar-refractivity contribution >= 4 is 29.0 Å². The molecule has 3 amide bonds. The van der Waals surface area contributed by atoms with Crippen LogP contribution in [0.25, 0.3) is 0 Å². The molecule has 6 nitrogen and oxygen atoms in total. The number of hydrogen-bond acceptors (Lipinski definition) is 4. The van der Waals surface area contributed by atoms with Gasteiger partial charge in [-0.15, -0.1) is 0 Å². The van der Waals surface area contributed by atoms with Gasteiger partial charge in [0, 0.05) is 50.3 Å². The first-order valence-corrected chi connectivity index (χ1v) is 9.71. The van der Waals surface area contributed by atoms with Gasteiger partial charge in [-0.25, -0.2) is 4.79 Å². The third-order valence-corrected chi connectivity index (χ3v) is 5.13. The van der Waals surface area contributed by atoms with Gasteiger partial charge in [0.15, 0.2) is 0 Å². The average Bonchev–Trinajstić information content (AvgIpc) is 3.18. The summed E-state index contributed by atoms with van der Waals surface area (Å²) in [6, 6.07) is 9.38. The van der Waals surface area contributed by atoms with Crippen molar-refractivity contribution in [2.45, 2.75) is 6.92 Å². The first-order chi connectivity index (χ1) is 12.6. The monoisotopic (exact) mass is 372 g/mol. The Kier molecular flexibility index (Phi) is 6.25. The Balaban J connectivity index is 1.34. The van der Waals surface area contributed by atoms with E-state index in [0.29, 0.717) is 6.54 Å². The summed E-state index contributed by atoms with van der Waals surface area (Å²) in [5, 5.41) is 9.52. The number of anilines is 1. The topological polar surface area (TPSA) is 64.7 Å². The molecule has 2 heterocycles. The first kappa shape index (κ1) is 18.4. The maximum absolute atomic E-state index is 12.3. The molecule has 0 saturated carbocycles. The minimum Gasteiger partial charge on any atom is -0.337 e. The lowest BCUT2D eigenvalue weighted by Gasteiger charge is -2.34. The van der Waals surface area contributed by atoms with E-state index in [1.165, 1.54) is 0 Å². The number of thiophene rings is 1. The van der Waals surface area contributed by atoms with Gasteiger partial charge in [0.2, 0.25) is 0 Å². The van der Waals surface area contributed by atoms with Crippen molar-refractivity contribution in [3.05, 3.63) is 52.2 Å².